The van der Waals surface area contributed by atoms with E-state index in [-0.39, 0.29) is 23.5 Å². The molecule has 2 aliphatic rings. The van der Waals surface area contributed by atoms with E-state index in [0.717, 1.165) is 36.6 Å². The second-order valence-electron chi connectivity index (χ2n) is 9.64. The Morgan fingerprint density at radius 2 is 1.92 bits per heavy atom. The number of pyridine rings is 1. The Labute approximate surface area is 209 Å². The number of rotatable bonds is 11. The minimum absolute atomic E-state index is 0.000372. The normalized spacial score (nSPS) is 22.7. The van der Waals surface area contributed by atoms with E-state index < -0.39 is 5.91 Å². The zero-order valence-corrected chi connectivity index (χ0v) is 20.3. The molecule has 190 valence electrons. The van der Waals surface area contributed by atoms with Gasteiger partial charge in [-0.15, -0.1) is 0 Å². The number of nitrogens with zero attached hydrogens (tertiary/aromatic N) is 3. The van der Waals surface area contributed by atoms with Crippen molar-refractivity contribution >= 4 is 22.7 Å². The van der Waals surface area contributed by atoms with Crippen molar-refractivity contribution in [3.8, 4) is 5.88 Å². The van der Waals surface area contributed by atoms with Crippen LogP contribution in [0.4, 0.5) is 0 Å². The summed E-state index contributed by atoms with van der Waals surface area (Å²) < 4.78 is 18.3. The van der Waals surface area contributed by atoms with E-state index in [1.807, 2.05) is 28.9 Å². The molecule has 2 amide bonds. The lowest BCUT2D eigenvalue weighted by molar-refractivity contribution is -0.0848. The van der Waals surface area contributed by atoms with Gasteiger partial charge in [-0.1, -0.05) is 18.2 Å². The van der Waals surface area contributed by atoms with E-state index in [1.54, 1.807) is 25.4 Å². The van der Waals surface area contributed by atoms with Gasteiger partial charge in [0.25, 0.3) is 11.8 Å². The molecule has 0 bridgehead atoms. The molecular formula is C26H31N5O5. The number of primary amides is 1. The molecule has 10 heteroatoms. The predicted molar refractivity (Wildman–Crippen MR) is 132 cm³/mol. The maximum atomic E-state index is 13.1. The van der Waals surface area contributed by atoms with E-state index in [9.17, 15) is 9.59 Å². The highest BCUT2D eigenvalue weighted by Crippen LogP contribution is 2.56. The third-order valence-corrected chi connectivity index (χ3v) is 7.08. The Morgan fingerprint density at radius 3 is 2.69 bits per heavy atom. The summed E-state index contributed by atoms with van der Waals surface area (Å²) in [6, 6.07) is 11.1. The average molecular weight is 494 g/mol. The van der Waals surface area contributed by atoms with Crippen molar-refractivity contribution in [3.05, 3.63) is 53.9 Å². The fourth-order valence-electron chi connectivity index (χ4n) is 5.36. The third kappa shape index (κ3) is 4.91. The van der Waals surface area contributed by atoms with Gasteiger partial charge in [-0.25, -0.2) is 4.98 Å². The smallest absolute Gasteiger partial charge is 0.272 e. The van der Waals surface area contributed by atoms with Gasteiger partial charge in [0, 0.05) is 24.7 Å². The standard InChI is InChI=1S/C26H31N5O5/c1-34-11-12-35-10-9-31-21-7-3-2-5-19(21)22(30-31)24(33)29-17-13-26(14-17)15-18(16-26)36-25-20(23(27)32)6-4-8-28-25/h2-8,17-18H,9-16H2,1H3,(H2,27,32)(H,29,33). The van der Waals surface area contributed by atoms with Crippen LogP contribution < -0.4 is 15.8 Å². The number of aromatic nitrogens is 3. The third-order valence-electron chi connectivity index (χ3n) is 7.08. The monoisotopic (exact) mass is 493 g/mol. The molecule has 5 rings (SSSR count). The molecule has 2 fully saturated rings. The second-order valence-corrected chi connectivity index (χ2v) is 9.64. The highest BCUT2D eigenvalue weighted by molar-refractivity contribution is 6.05. The van der Waals surface area contributed by atoms with Crippen molar-refractivity contribution in [2.75, 3.05) is 26.9 Å². The summed E-state index contributed by atoms with van der Waals surface area (Å²) in [5, 5.41) is 8.59. The number of amides is 2. The molecule has 0 saturated heterocycles. The predicted octanol–water partition coefficient (Wildman–Crippen LogP) is 2.31. The molecule has 1 aromatic carbocycles. The van der Waals surface area contributed by atoms with Crippen molar-refractivity contribution in [1.29, 1.82) is 0 Å². The molecule has 10 nitrogen and oxygen atoms in total. The maximum Gasteiger partial charge on any atom is 0.272 e. The number of nitrogens with one attached hydrogen (secondary N) is 1. The number of ether oxygens (including phenoxy) is 3. The molecule has 0 aliphatic heterocycles. The van der Waals surface area contributed by atoms with Gasteiger partial charge in [0.05, 0.1) is 31.9 Å². The molecule has 3 N–H and O–H groups in total. The van der Waals surface area contributed by atoms with E-state index in [2.05, 4.69) is 15.4 Å². The van der Waals surface area contributed by atoms with Crippen LogP contribution >= 0.6 is 0 Å². The van der Waals surface area contributed by atoms with E-state index in [4.69, 9.17) is 19.9 Å². The number of methoxy groups -OCH3 is 1. The largest absolute Gasteiger partial charge is 0.474 e. The first-order valence-corrected chi connectivity index (χ1v) is 12.2. The van der Waals surface area contributed by atoms with Crippen LogP contribution in [-0.4, -0.2) is 65.7 Å². The molecule has 2 heterocycles. The Hall–Kier alpha value is -3.50. The lowest BCUT2D eigenvalue weighted by Gasteiger charge is -2.57. The first-order valence-electron chi connectivity index (χ1n) is 12.2. The summed E-state index contributed by atoms with van der Waals surface area (Å²) in [5.41, 5.74) is 7.23. The summed E-state index contributed by atoms with van der Waals surface area (Å²) >= 11 is 0. The number of hydrogen-bond donors (Lipinski definition) is 2. The number of carbonyl (C=O) groups excluding carboxylic acids is 2. The number of para-hydroxylation sites is 1. The Kier molecular flexibility index (Phi) is 6.88. The molecule has 0 radical (unpaired) electrons. The Balaban J connectivity index is 1.14. The van der Waals surface area contributed by atoms with Crippen LogP contribution in [0.15, 0.2) is 42.6 Å². The van der Waals surface area contributed by atoms with Crippen molar-refractivity contribution < 1.29 is 23.8 Å². The quantitative estimate of drug-likeness (QED) is 0.392. The van der Waals surface area contributed by atoms with Gasteiger partial charge in [0.15, 0.2) is 5.69 Å². The summed E-state index contributed by atoms with van der Waals surface area (Å²) in [5.74, 6) is -0.412. The number of hydrogen-bond acceptors (Lipinski definition) is 7. The highest BCUT2D eigenvalue weighted by Gasteiger charge is 2.54. The van der Waals surface area contributed by atoms with Crippen LogP contribution in [0.25, 0.3) is 10.9 Å². The minimum Gasteiger partial charge on any atom is -0.474 e. The molecule has 2 aliphatic carbocycles. The molecule has 0 atom stereocenters. The second kappa shape index (κ2) is 10.2. The molecule has 0 unspecified atom stereocenters. The van der Waals surface area contributed by atoms with Gasteiger partial charge in [0.2, 0.25) is 5.88 Å². The van der Waals surface area contributed by atoms with E-state index in [1.165, 1.54) is 0 Å². The number of benzene rings is 1. The van der Waals surface area contributed by atoms with Gasteiger partial charge < -0.3 is 25.3 Å². The zero-order chi connectivity index (χ0) is 25.1. The molecule has 2 aromatic heterocycles. The molecule has 36 heavy (non-hydrogen) atoms. The average Bonchev–Trinajstić information content (AvgIpc) is 3.20. The lowest BCUT2D eigenvalue weighted by atomic mass is 9.53. The van der Waals surface area contributed by atoms with E-state index in [0.29, 0.717) is 43.5 Å². The Morgan fingerprint density at radius 1 is 1.11 bits per heavy atom. The van der Waals surface area contributed by atoms with Gasteiger partial charge in [0.1, 0.15) is 11.7 Å². The van der Waals surface area contributed by atoms with Crippen LogP contribution in [0.1, 0.15) is 46.5 Å². The molecule has 1 spiro atoms. The molecular weight excluding hydrogens is 462 g/mol. The van der Waals surface area contributed by atoms with Crippen LogP contribution in [0.2, 0.25) is 0 Å². The number of nitrogens with two attached hydrogens (primary N) is 1. The highest BCUT2D eigenvalue weighted by atomic mass is 16.5. The zero-order valence-electron chi connectivity index (χ0n) is 20.3. The van der Waals surface area contributed by atoms with Gasteiger partial charge >= 0.3 is 0 Å². The number of carbonyl (C=O) groups is 2. The summed E-state index contributed by atoms with van der Waals surface area (Å²) in [4.78, 5) is 28.8. The van der Waals surface area contributed by atoms with E-state index >= 15 is 0 Å². The van der Waals surface area contributed by atoms with Crippen LogP contribution in [0, 0.1) is 5.41 Å². The fraction of sp³-hybridized carbons (Fsp3) is 0.462. The Bertz CT molecular complexity index is 1240. The van der Waals surface area contributed by atoms with Gasteiger partial charge in [-0.2, -0.15) is 5.10 Å². The van der Waals surface area contributed by atoms with Crippen LogP contribution in [0.5, 0.6) is 5.88 Å². The summed E-state index contributed by atoms with van der Waals surface area (Å²) in [6.07, 6.45) is 5.12. The van der Waals surface area contributed by atoms with Crippen molar-refractivity contribution in [2.24, 2.45) is 11.1 Å². The lowest BCUT2D eigenvalue weighted by Crippen LogP contribution is -2.58. The fourth-order valence-corrected chi connectivity index (χ4v) is 5.36. The van der Waals surface area contributed by atoms with Crippen molar-refractivity contribution in [3.63, 3.8) is 0 Å². The molecule has 3 aromatic rings. The van der Waals surface area contributed by atoms with Crippen molar-refractivity contribution in [2.45, 2.75) is 44.4 Å². The number of fused-ring (bicyclic) bond motifs is 1. The topological polar surface area (TPSA) is 131 Å². The van der Waals surface area contributed by atoms with Crippen LogP contribution in [-0.2, 0) is 16.0 Å². The van der Waals surface area contributed by atoms with Crippen molar-refractivity contribution in [1.82, 2.24) is 20.1 Å². The first-order chi connectivity index (χ1) is 17.5. The van der Waals surface area contributed by atoms with Crippen LogP contribution in [0.3, 0.4) is 0 Å². The van der Waals surface area contributed by atoms with Gasteiger partial charge in [-0.3, -0.25) is 14.3 Å². The SMILES string of the molecule is COCCOCCn1nc(C(=O)NC2CC3(C2)CC(Oc2ncccc2C(N)=O)C3)c2ccccc21. The van der Waals surface area contributed by atoms with Gasteiger partial charge in [-0.05, 0) is 49.3 Å². The maximum absolute atomic E-state index is 13.1. The minimum atomic E-state index is -0.549. The molecule has 2 saturated carbocycles. The first kappa shape index (κ1) is 24.2. The summed E-state index contributed by atoms with van der Waals surface area (Å²) in [6.45, 7) is 2.11. The summed E-state index contributed by atoms with van der Waals surface area (Å²) in [7, 11) is 1.64.